The lowest BCUT2D eigenvalue weighted by Crippen LogP contribution is -2.42. The first-order chi connectivity index (χ1) is 6.35. The number of methoxy groups -OCH3 is 1. The fourth-order valence-electron chi connectivity index (χ4n) is 0.802. The largest absolute Gasteiger partial charge is 0.444 e. The Bertz CT molecular complexity index is 177. The van der Waals surface area contributed by atoms with Gasteiger partial charge in [0.25, 0.3) is 0 Å². The van der Waals surface area contributed by atoms with E-state index >= 15 is 0 Å². The van der Waals surface area contributed by atoms with Crippen LogP contribution in [0.25, 0.3) is 0 Å². The van der Waals surface area contributed by atoms with Gasteiger partial charge in [-0.05, 0) is 20.8 Å². The molecule has 0 aromatic rings. The molecule has 5 heteroatoms. The zero-order valence-corrected chi connectivity index (χ0v) is 9.29. The van der Waals surface area contributed by atoms with Gasteiger partial charge in [0.15, 0.2) is 0 Å². The molecule has 0 radical (unpaired) electrons. The van der Waals surface area contributed by atoms with Gasteiger partial charge in [0.05, 0.1) is 6.61 Å². The lowest BCUT2D eigenvalue weighted by Gasteiger charge is -2.20. The van der Waals surface area contributed by atoms with Crippen molar-refractivity contribution in [3.8, 4) is 0 Å². The number of alkyl carbamates (subject to hydrolysis) is 1. The van der Waals surface area contributed by atoms with Crippen LogP contribution in [-0.2, 0) is 9.47 Å². The Hall–Kier alpha value is -0.810. The Morgan fingerprint density at radius 3 is 2.50 bits per heavy atom. The van der Waals surface area contributed by atoms with Crippen LogP contribution in [0, 0.1) is 0 Å². The molecule has 0 saturated carbocycles. The second-order valence-electron chi connectivity index (χ2n) is 4.10. The van der Waals surface area contributed by atoms with Crippen LogP contribution >= 0.6 is 0 Å². The van der Waals surface area contributed by atoms with E-state index in [2.05, 4.69) is 5.32 Å². The van der Waals surface area contributed by atoms with Crippen molar-refractivity contribution in [2.24, 2.45) is 5.73 Å². The van der Waals surface area contributed by atoms with Crippen LogP contribution in [0.2, 0.25) is 0 Å². The van der Waals surface area contributed by atoms with Gasteiger partial charge in [-0.15, -0.1) is 0 Å². The third-order valence-electron chi connectivity index (χ3n) is 1.29. The molecule has 1 atom stereocenters. The minimum Gasteiger partial charge on any atom is -0.444 e. The zero-order valence-electron chi connectivity index (χ0n) is 9.29. The van der Waals surface area contributed by atoms with Crippen molar-refractivity contribution < 1.29 is 14.3 Å². The molecule has 0 aliphatic carbocycles. The summed E-state index contributed by atoms with van der Waals surface area (Å²) in [5, 5.41) is 2.56. The van der Waals surface area contributed by atoms with E-state index in [1.807, 2.05) is 20.8 Å². The summed E-state index contributed by atoms with van der Waals surface area (Å²) >= 11 is 0. The molecule has 84 valence electrons. The van der Waals surface area contributed by atoms with Gasteiger partial charge in [-0.2, -0.15) is 0 Å². The molecular formula is C9H20N2O3. The van der Waals surface area contributed by atoms with E-state index in [0.717, 1.165) is 0 Å². The number of carbonyl (C=O) groups excluding carboxylic acids is 1. The van der Waals surface area contributed by atoms with Crippen LogP contribution < -0.4 is 11.1 Å². The van der Waals surface area contributed by atoms with Gasteiger partial charge in [-0.3, -0.25) is 0 Å². The smallest absolute Gasteiger partial charge is 0.407 e. The Labute approximate surface area is 84.9 Å². The molecule has 1 amide bonds. The molecule has 5 nitrogen and oxygen atoms in total. The van der Waals surface area contributed by atoms with Crippen molar-refractivity contribution in [1.82, 2.24) is 5.32 Å². The summed E-state index contributed by atoms with van der Waals surface area (Å²) in [7, 11) is 1.56. The summed E-state index contributed by atoms with van der Waals surface area (Å²) in [6.45, 7) is 6.18. The maximum Gasteiger partial charge on any atom is 0.407 e. The molecule has 0 rings (SSSR count). The number of hydrogen-bond acceptors (Lipinski definition) is 4. The van der Waals surface area contributed by atoms with E-state index in [1.54, 1.807) is 7.11 Å². The summed E-state index contributed by atoms with van der Waals surface area (Å²) in [5.41, 5.74) is 5.12. The van der Waals surface area contributed by atoms with Gasteiger partial charge in [-0.1, -0.05) is 0 Å². The molecular weight excluding hydrogens is 184 g/mol. The van der Waals surface area contributed by atoms with Crippen molar-refractivity contribution in [2.45, 2.75) is 32.4 Å². The van der Waals surface area contributed by atoms with Crippen molar-refractivity contribution >= 4 is 6.09 Å². The van der Waals surface area contributed by atoms with Crippen molar-refractivity contribution in [2.75, 3.05) is 20.3 Å². The highest BCUT2D eigenvalue weighted by Crippen LogP contribution is 2.06. The summed E-state index contributed by atoms with van der Waals surface area (Å²) in [4.78, 5) is 11.1. The van der Waals surface area contributed by atoms with Crippen LogP contribution in [0.1, 0.15) is 20.8 Å². The molecule has 14 heavy (non-hydrogen) atoms. The number of amides is 1. The normalized spacial score (nSPS) is 13.5. The molecule has 0 fully saturated rings. The van der Waals surface area contributed by atoms with Crippen molar-refractivity contribution in [1.29, 1.82) is 0 Å². The molecule has 0 saturated heterocycles. The first-order valence-electron chi connectivity index (χ1n) is 4.56. The highest BCUT2D eigenvalue weighted by molar-refractivity contribution is 5.67. The van der Waals surface area contributed by atoms with Gasteiger partial charge in [0, 0.05) is 19.7 Å². The Kier molecular flexibility index (Phi) is 5.49. The lowest BCUT2D eigenvalue weighted by molar-refractivity contribution is 0.0518. The van der Waals surface area contributed by atoms with E-state index in [9.17, 15) is 4.79 Å². The van der Waals surface area contributed by atoms with Crippen molar-refractivity contribution in [3.05, 3.63) is 0 Å². The van der Waals surface area contributed by atoms with Crippen LogP contribution in [0.5, 0.6) is 0 Å². The van der Waals surface area contributed by atoms with Crippen LogP contribution in [0.3, 0.4) is 0 Å². The van der Waals surface area contributed by atoms with Gasteiger partial charge >= 0.3 is 6.09 Å². The van der Waals surface area contributed by atoms with Gasteiger partial charge < -0.3 is 20.5 Å². The minimum absolute atomic E-state index is 0.201. The van der Waals surface area contributed by atoms with E-state index in [-0.39, 0.29) is 6.04 Å². The minimum atomic E-state index is -0.477. The van der Waals surface area contributed by atoms with Crippen LogP contribution in [0.4, 0.5) is 4.79 Å². The molecule has 0 aliphatic rings. The third-order valence-corrected chi connectivity index (χ3v) is 1.29. The summed E-state index contributed by atoms with van der Waals surface area (Å²) < 4.78 is 9.84. The lowest BCUT2D eigenvalue weighted by atomic mass is 10.2. The average Bonchev–Trinajstić information content (AvgIpc) is 1.98. The molecule has 0 spiro atoms. The van der Waals surface area contributed by atoms with Gasteiger partial charge in [-0.25, -0.2) is 4.79 Å². The number of rotatable bonds is 4. The SMILES string of the molecule is COC[C@H](N)CNC(=O)OC(C)(C)C. The van der Waals surface area contributed by atoms with Crippen LogP contribution in [-0.4, -0.2) is 38.0 Å². The number of nitrogens with two attached hydrogens (primary N) is 1. The van der Waals surface area contributed by atoms with Gasteiger partial charge in [0.2, 0.25) is 0 Å². The maximum absolute atomic E-state index is 11.1. The standard InChI is InChI=1S/C9H20N2O3/c1-9(2,3)14-8(12)11-5-7(10)6-13-4/h7H,5-6,10H2,1-4H3,(H,11,12)/t7-/m1/s1. The second-order valence-corrected chi connectivity index (χ2v) is 4.10. The molecule has 0 aromatic heterocycles. The molecule has 0 bridgehead atoms. The fraction of sp³-hybridized carbons (Fsp3) is 0.889. The molecule has 0 aliphatic heterocycles. The number of ether oxygens (including phenoxy) is 2. The first-order valence-corrected chi connectivity index (χ1v) is 4.56. The Morgan fingerprint density at radius 1 is 1.50 bits per heavy atom. The van der Waals surface area contributed by atoms with Crippen molar-refractivity contribution in [3.63, 3.8) is 0 Å². The summed E-state index contributed by atoms with van der Waals surface area (Å²) in [6.07, 6.45) is -0.455. The summed E-state index contributed by atoms with van der Waals surface area (Å²) in [6, 6.07) is -0.201. The predicted molar refractivity (Wildman–Crippen MR) is 54.1 cm³/mol. The number of hydrogen-bond donors (Lipinski definition) is 2. The van der Waals surface area contributed by atoms with Gasteiger partial charge in [0.1, 0.15) is 5.60 Å². The molecule has 0 unspecified atom stereocenters. The predicted octanol–water partition coefficient (Wildman–Crippen LogP) is 0.485. The highest BCUT2D eigenvalue weighted by atomic mass is 16.6. The molecule has 0 aromatic carbocycles. The fourth-order valence-corrected chi connectivity index (χ4v) is 0.802. The van der Waals surface area contributed by atoms with E-state index in [1.165, 1.54) is 0 Å². The van der Waals surface area contributed by atoms with E-state index < -0.39 is 11.7 Å². The highest BCUT2D eigenvalue weighted by Gasteiger charge is 2.16. The molecule has 3 N–H and O–H groups in total. The quantitative estimate of drug-likeness (QED) is 0.698. The Morgan fingerprint density at radius 2 is 2.07 bits per heavy atom. The zero-order chi connectivity index (χ0) is 11.2. The first kappa shape index (κ1) is 13.2. The topological polar surface area (TPSA) is 73.6 Å². The van der Waals surface area contributed by atoms with E-state index in [0.29, 0.717) is 13.2 Å². The average molecular weight is 204 g/mol. The Balaban J connectivity index is 3.64. The third kappa shape index (κ3) is 7.82. The number of nitrogens with one attached hydrogen (secondary N) is 1. The van der Waals surface area contributed by atoms with E-state index in [4.69, 9.17) is 15.2 Å². The van der Waals surface area contributed by atoms with Crippen LogP contribution in [0.15, 0.2) is 0 Å². The monoisotopic (exact) mass is 204 g/mol. The second kappa shape index (κ2) is 5.82. The molecule has 0 heterocycles. The summed E-state index contributed by atoms with van der Waals surface area (Å²) in [5.74, 6) is 0. The number of carbonyl (C=O) groups is 1. The maximum atomic E-state index is 11.1.